The summed E-state index contributed by atoms with van der Waals surface area (Å²) in [5.41, 5.74) is 11.6. The average Bonchev–Trinajstić information content (AvgIpc) is 2.42. The first kappa shape index (κ1) is 15.1. The molecule has 0 aliphatic carbocycles. The van der Waals surface area contributed by atoms with E-state index in [1.807, 2.05) is 11.8 Å². The molecule has 2 rings (SSSR count). The lowest BCUT2D eigenvalue weighted by Gasteiger charge is -2.21. The van der Waals surface area contributed by atoms with Crippen LogP contribution >= 0.6 is 11.8 Å². The monoisotopic (exact) mass is 285 g/mol. The molecule has 2 N–H and O–H groups in total. The van der Waals surface area contributed by atoms with E-state index in [4.69, 9.17) is 5.73 Å². The van der Waals surface area contributed by atoms with Gasteiger partial charge in [-0.15, -0.1) is 11.8 Å². The fourth-order valence-corrected chi connectivity index (χ4v) is 3.60. The van der Waals surface area contributed by atoms with Crippen molar-refractivity contribution in [3.63, 3.8) is 0 Å². The summed E-state index contributed by atoms with van der Waals surface area (Å²) in [6, 6.07) is 17.5. The minimum Gasteiger partial charge on any atom is -0.327 e. The van der Waals surface area contributed by atoms with Crippen molar-refractivity contribution in [2.75, 3.05) is 0 Å². The fourth-order valence-electron chi connectivity index (χ4n) is 2.26. The Morgan fingerprint density at radius 2 is 1.65 bits per heavy atom. The van der Waals surface area contributed by atoms with Gasteiger partial charge in [-0.25, -0.2) is 0 Å². The summed E-state index contributed by atoms with van der Waals surface area (Å²) in [5, 5.41) is 0.343. The average molecular weight is 285 g/mol. The van der Waals surface area contributed by atoms with Crippen molar-refractivity contribution in [2.24, 2.45) is 5.73 Å². The number of benzene rings is 2. The van der Waals surface area contributed by atoms with E-state index in [1.165, 1.54) is 22.3 Å². The molecule has 106 valence electrons. The maximum atomic E-state index is 6.19. The number of rotatable bonds is 5. The van der Waals surface area contributed by atoms with Crippen LogP contribution in [0, 0.1) is 13.8 Å². The third-order valence-electron chi connectivity index (χ3n) is 3.56. The summed E-state index contributed by atoms with van der Waals surface area (Å²) in [4.78, 5) is 0. The van der Waals surface area contributed by atoms with Gasteiger partial charge in [0.25, 0.3) is 0 Å². The van der Waals surface area contributed by atoms with Crippen molar-refractivity contribution in [2.45, 2.75) is 37.8 Å². The van der Waals surface area contributed by atoms with Gasteiger partial charge in [0.2, 0.25) is 0 Å². The van der Waals surface area contributed by atoms with Crippen LogP contribution in [0.2, 0.25) is 0 Å². The molecule has 0 saturated carbocycles. The van der Waals surface area contributed by atoms with Crippen LogP contribution in [0.15, 0.2) is 48.5 Å². The van der Waals surface area contributed by atoms with Crippen molar-refractivity contribution < 1.29 is 0 Å². The summed E-state index contributed by atoms with van der Waals surface area (Å²) in [5.74, 6) is 1.01. The zero-order chi connectivity index (χ0) is 14.5. The van der Waals surface area contributed by atoms with E-state index in [0.717, 1.165) is 5.75 Å². The number of thioether (sulfide) groups is 1. The Hall–Kier alpha value is -1.25. The van der Waals surface area contributed by atoms with Crippen molar-refractivity contribution in [1.29, 1.82) is 0 Å². The molecule has 0 saturated heterocycles. The molecule has 0 fully saturated rings. The molecular weight excluding hydrogens is 262 g/mol. The molecule has 0 aromatic heterocycles. The van der Waals surface area contributed by atoms with Crippen LogP contribution < -0.4 is 5.73 Å². The Labute approximate surface area is 126 Å². The van der Waals surface area contributed by atoms with Gasteiger partial charge in [0.15, 0.2) is 0 Å². The van der Waals surface area contributed by atoms with E-state index >= 15 is 0 Å². The second-order valence-corrected chi connectivity index (χ2v) is 6.56. The van der Waals surface area contributed by atoms with Gasteiger partial charge in [-0.05, 0) is 37.5 Å². The number of nitrogens with two attached hydrogens (primary N) is 1. The van der Waals surface area contributed by atoms with E-state index in [0.29, 0.717) is 5.25 Å². The lowest BCUT2D eigenvalue weighted by molar-refractivity contribution is 0.721. The Bertz CT molecular complexity index is 546. The first-order chi connectivity index (χ1) is 9.58. The zero-order valence-electron chi connectivity index (χ0n) is 12.5. The van der Waals surface area contributed by atoms with E-state index in [-0.39, 0.29) is 6.04 Å². The van der Waals surface area contributed by atoms with Gasteiger partial charge in [-0.2, -0.15) is 0 Å². The molecule has 2 atom stereocenters. The third-order valence-corrected chi connectivity index (χ3v) is 5.10. The maximum absolute atomic E-state index is 6.19. The molecule has 2 heteroatoms. The van der Waals surface area contributed by atoms with Crippen molar-refractivity contribution in [1.82, 2.24) is 0 Å². The van der Waals surface area contributed by atoms with E-state index in [9.17, 15) is 0 Å². The lowest BCUT2D eigenvalue weighted by Crippen LogP contribution is -2.22. The molecule has 0 radical (unpaired) electrons. The van der Waals surface area contributed by atoms with Gasteiger partial charge in [-0.1, -0.05) is 54.1 Å². The zero-order valence-corrected chi connectivity index (χ0v) is 13.3. The molecule has 0 aliphatic rings. The topological polar surface area (TPSA) is 26.0 Å². The maximum Gasteiger partial charge on any atom is 0.0448 e. The SMILES string of the molecule is Cc1ccc(C(SCc2ccccc2C)C(C)N)cc1. The Balaban J connectivity index is 2.11. The Morgan fingerprint density at radius 1 is 1.00 bits per heavy atom. The van der Waals surface area contributed by atoms with Crippen LogP contribution in [0.25, 0.3) is 0 Å². The molecule has 0 aliphatic heterocycles. The molecule has 2 aromatic carbocycles. The van der Waals surface area contributed by atoms with E-state index < -0.39 is 0 Å². The minimum absolute atomic E-state index is 0.145. The molecule has 2 unspecified atom stereocenters. The van der Waals surface area contributed by atoms with Crippen molar-refractivity contribution in [3.05, 3.63) is 70.8 Å². The normalized spacial score (nSPS) is 14.0. The lowest BCUT2D eigenvalue weighted by atomic mass is 10.1. The molecule has 0 heterocycles. The summed E-state index contributed by atoms with van der Waals surface area (Å²) < 4.78 is 0. The van der Waals surface area contributed by atoms with Crippen LogP contribution in [-0.4, -0.2) is 6.04 Å². The number of aryl methyl sites for hydroxylation is 2. The highest BCUT2D eigenvalue weighted by Gasteiger charge is 2.17. The molecule has 0 spiro atoms. The first-order valence-electron chi connectivity index (χ1n) is 7.06. The minimum atomic E-state index is 0.145. The third kappa shape index (κ3) is 3.87. The van der Waals surface area contributed by atoms with Crippen LogP contribution in [0.3, 0.4) is 0 Å². The summed E-state index contributed by atoms with van der Waals surface area (Å²) in [6.07, 6.45) is 0. The van der Waals surface area contributed by atoms with Crippen LogP contribution in [0.1, 0.15) is 34.4 Å². The van der Waals surface area contributed by atoms with Crippen LogP contribution in [-0.2, 0) is 5.75 Å². The van der Waals surface area contributed by atoms with Crippen molar-refractivity contribution in [3.8, 4) is 0 Å². The smallest absolute Gasteiger partial charge is 0.0448 e. The standard InChI is InChI=1S/C18H23NS/c1-13-8-10-16(11-9-13)18(15(3)19)20-12-17-7-5-4-6-14(17)2/h4-11,15,18H,12,19H2,1-3H3. The summed E-state index contributed by atoms with van der Waals surface area (Å²) in [6.45, 7) is 6.38. The van der Waals surface area contributed by atoms with Crippen molar-refractivity contribution >= 4 is 11.8 Å². The molecule has 20 heavy (non-hydrogen) atoms. The Kier molecular flexibility index (Phi) is 5.27. The predicted molar refractivity (Wildman–Crippen MR) is 90.0 cm³/mol. The second kappa shape index (κ2) is 6.96. The van der Waals surface area contributed by atoms with Crippen LogP contribution in [0.4, 0.5) is 0 Å². The highest BCUT2D eigenvalue weighted by Crippen LogP contribution is 2.34. The largest absolute Gasteiger partial charge is 0.327 e. The van der Waals surface area contributed by atoms with Crippen LogP contribution in [0.5, 0.6) is 0 Å². The van der Waals surface area contributed by atoms with Gasteiger partial charge in [0.1, 0.15) is 0 Å². The van der Waals surface area contributed by atoms with Gasteiger partial charge < -0.3 is 5.73 Å². The summed E-state index contributed by atoms with van der Waals surface area (Å²) >= 11 is 1.93. The molecule has 1 nitrogen and oxygen atoms in total. The number of hydrogen-bond donors (Lipinski definition) is 1. The van der Waals surface area contributed by atoms with Gasteiger partial charge in [-0.3, -0.25) is 0 Å². The predicted octanol–water partition coefficient (Wildman–Crippen LogP) is 4.63. The summed E-state index contributed by atoms with van der Waals surface area (Å²) in [7, 11) is 0. The quantitative estimate of drug-likeness (QED) is 0.867. The Morgan fingerprint density at radius 3 is 2.25 bits per heavy atom. The van der Waals surface area contributed by atoms with E-state index in [1.54, 1.807) is 0 Å². The first-order valence-corrected chi connectivity index (χ1v) is 8.11. The fraction of sp³-hybridized carbons (Fsp3) is 0.333. The van der Waals surface area contributed by atoms with Gasteiger partial charge in [0.05, 0.1) is 0 Å². The highest BCUT2D eigenvalue weighted by molar-refractivity contribution is 7.98. The van der Waals surface area contributed by atoms with Gasteiger partial charge in [0, 0.05) is 17.0 Å². The molecule has 0 amide bonds. The molecule has 2 aromatic rings. The molecule has 0 bridgehead atoms. The number of hydrogen-bond acceptors (Lipinski definition) is 2. The van der Waals surface area contributed by atoms with E-state index in [2.05, 4.69) is 69.3 Å². The highest BCUT2D eigenvalue weighted by atomic mass is 32.2. The molecular formula is C18H23NS. The second-order valence-electron chi connectivity index (χ2n) is 5.43. The van der Waals surface area contributed by atoms with Gasteiger partial charge >= 0.3 is 0 Å².